The Morgan fingerprint density at radius 2 is 0.662 bits per heavy atom. The summed E-state index contributed by atoms with van der Waals surface area (Å²) in [6.45, 7) is 9.81. The summed E-state index contributed by atoms with van der Waals surface area (Å²) >= 11 is 0. The number of rotatable bonds is 9. The summed E-state index contributed by atoms with van der Waals surface area (Å²) in [7, 11) is -4.23. The molecule has 0 saturated carbocycles. The van der Waals surface area contributed by atoms with Gasteiger partial charge in [0.1, 0.15) is 16.1 Å². The molecular weight excluding hydrogens is 1010 g/mol. The van der Waals surface area contributed by atoms with Crippen LogP contribution in [0.5, 0.6) is 0 Å². The minimum atomic E-state index is -2.12. The average Bonchev–Trinajstić information content (AvgIpc) is 3.31. The first kappa shape index (κ1) is 48.5. The van der Waals surface area contributed by atoms with Crippen LogP contribution in [0.2, 0.25) is 26.2 Å². The van der Waals surface area contributed by atoms with Crippen LogP contribution in [0.3, 0.4) is 0 Å². The van der Waals surface area contributed by atoms with Crippen LogP contribution < -0.4 is 30.5 Å². The Morgan fingerprint density at radius 1 is 0.300 bits per heavy atom. The Hall–Kier alpha value is -9.89. The summed E-state index contributed by atoms with van der Waals surface area (Å²) in [4.78, 5) is 45.6. The molecule has 80 heavy (non-hydrogen) atoms. The van der Waals surface area contributed by atoms with Gasteiger partial charge in [-0.3, -0.25) is 19.9 Å². The number of aromatic nitrogens is 8. The van der Waals surface area contributed by atoms with Gasteiger partial charge in [-0.1, -0.05) is 123 Å². The molecule has 2 aliphatic rings. The average molecular weight is 1070 g/mol. The van der Waals surface area contributed by atoms with E-state index in [0.29, 0.717) is 23.0 Å². The molecule has 0 spiro atoms. The second kappa shape index (κ2) is 19.5. The third kappa shape index (κ3) is 8.31. The van der Waals surface area contributed by atoms with Crippen LogP contribution >= 0.6 is 0 Å². The number of hydrogen-bond donors (Lipinski definition) is 0. The summed E-state index contributed by atoms with van der Waals surface area (Å²) in [6.07, 6.45) is 10.9. The Balaban J connectivity index is 1.08. The minimum absolute atomic E-state index is 0.525. The topological polar surface area (TPSA) is 110 Å². The summed E-state index contributed by atoms with van der Waals surface area (Å²) < 4.78 is 0. The first-order valence-electron chi connectivity index (χ1n) is 26.9. The van der Waals surface area contributed by atoms with Crippen molar-refractivity contribution in [3.8, 4) is 79.2 Å². The van der Waals surface area contributed by atoms with Gasteiger partial charge in [-0.05, 0) is 141 Å². The van der Waals surface area contributed by atoms with Crippen molar-refractivity contribution in [3.63, 3.8) is 0 Å². The van der Waals surface area contributed by atoms with Gasteiger partial charge in [-0.15, -0.1) is 0 Å². The molecule has 0 bridgehead atoms. The quantitative estimate of drug-likeness (QED) is 0.130. The zero-order chi connectivity index (χ0) is 54.0. The smallest absolute Gasteiger partial charge is 0.161 e. The maximum atomic E-state index is 5.51. The largest absolute Gasteiger partial charge is 0.311 e. The molecule has 382 valence electrons. The van der Waals surface area contributed by atoms with Crippen LogP contribution in [0.25, 0.3) is 79.2 Å². The molecule has 12 aromatic rings. The molecule has 0 fully saturated rings. The minimum Gasteiger partial charge on any atom is -0.311 e. The fraction of sp³-hybridized carbons (Fsp3) is 0.0588. The lowest BCUT2D eigenvalue weighted by Gasteiger charge is -2.41. The lowest BCUT2D eigenvalue weighted by Crippen LogP contribution is -2.58. The number of nitrogens with zero attached hydrogens (tertiary/aromatic N) is 10. The molecular formula is C68H52N10Si2. The Bertz CT molecular complexity index is 3840. The molecule has 0 saturated heterocycles. The van der Waals surface area contributed by atoms with E-state index in [4.69, 9.17) is 29.9 Å². The molecule has 14 rings (SSSR count). The van der Waals surface area contributed by atoms with E-state index >= 15 is 0 Å². The number of para-hydroxylation sites is 4. The summed E-state index contributed by atoms with van der Waals surface area (Å²) in [5.41, 5.74) is 16.0. The second-order valence-corrected chi connectivity index (χ2v) is 29.9. The van der Waals surface area contributed by atoms with Gasteiger partial charge in [0.2, 0.25) is 0 Å². The summed E-state index contributed by atoms with van der Waals surface area (Å²) in [5, 5.41) is 5.48. The third-order valence-corrected chi connectivity index (χ3v) is 22.9. The van der Waals surface area contributed by atoms with Gasteiger partial charge in [0, 0.05) is 93.6 Å². The molecule has 10 nitrogen and oxygen atoms in total. The molecule has 12 heteroatoms. The predicted octanol–water partition coefficient (Wildman–Crippen LogP) is 13.7. The van der Waals surface area contributed by atoms with Crippen molar-refractivity contribution >= 4 is 71.0 Å². The van der Waals surface area contributed by atoms with Crippen molar-refractivity contribution in [2.75, 3.05) is 9.80 Å². The van der Waals surface area contributed by atoms with Crippen molar-refractivity contribution in [3.05, 3.63) is 243 Å². The third-order valence-electron chi connectivity index (χ3n) is 15.8. The van der Waals surface area contributed by atoms with Crippen LogP contribution in [-0.4, -0.2) is 56.0 Å². The van der Waals surface area contributed by atoms with Crippen LogP contribution in [0.1, 0.15) is 0 Å². The van der Waals surface area contributed by atoms with Crippen molar-refractivity contribution < 1.29 is 0 Å². The van der Waals surface area contributed by atoms with Crippen molar-refractivity contribution in [2.24, 2.45) is 0 Å². The lowest BCUT2D eigenvalue weighted by molar-refractivity contribution is 1.15. The van der Waals surface area contributed by atoms with E-state index in [-0.39, 0.29) is 0 Å². The molecule has 0 unspecified atom stereocenters. The van der Waals surface area contributed by atoms with Crippen molar-refractivity contribution in [2.45, 2.75) is 26.2 Å². The van der Waals surface area contributed by atoms with Gasteiger partial charge in [0.05, 0.1) is 34.2 Å². The molecule has 0 atom stereocenters. The first-order chi connectivity index (χ1) is 39.2. The van der Waals surface area contributed by atoms with Crippen molar-refractivity contribution in [1.82, 2.24) is 39.9 Å². The van der Waals surface area contributed by atoms with Crippen LogP contribution in [-0.2, 0) is 0 Å². The number of hydrogen-bond acceptors (Lipinski definition) is 10. The molecule has 8 heterocycles. The molecule has 6 aromatic heterocycles. The Morgan fingerprint density at radius 3 is 1.01 bits per heavy atom. The van der Waals surface area contributed by atoms with E-state index in [1.54, 1.807) is 24.8 Å². The van der Waals surface area contributed by atoms with Gasteiger partial charge in [0.25, 0.3) is 0 Å². The van der Waals surface area contributed by atoms with Crippen LogP contribution in [0, 0.1) is 0 Å². The van der Waals surface area contributed by atoms with E-state index < -0.39 is 16.1 Å². The van der Waals surface area contributed by atoms with Gasteiger partial charge in [0.15, 0.2) is 11.6 Å². The number of fused-ring (bicyclic) bond motifs is 4. The summed E-state index contributed by atoms with van der Waals surface area (Å²) in [5.74, 6) is 1.05. The van der Waals surface area contributed by atoms with Crippen LogP contribution in [0.4, 0.5) is 34.1 Å². The van der Waals surface area contributed by atoms with E-state index in [1.807, 2.05) is 85.2 Å². The SMILES string of the molecule is C[Si]1(C)c2ccccc2N(c2ccc(-c3ccc(N4c5ccccc5[Si](C)(C)c5ccccc54)cc3-c3nc(-c4cccnc4)cc(-c4ccccn4)n3)c(-c3nc(-c4cccnc4)cc(-c4ccccn4)n3)c2)c2ccccc21. The highest BCUT2D eigenvalue weighted by atomic mass is 28.3. The lowest BCUT2D eigenvalue weighted by atomic mass is 9.92. The number of pyridine rings is 4. The van der Waals surface area contributed by atoms with E-state index in [0.717, 1.165) is 67.5 Å². The maximum Gasteiger partial charge on any atom is 0.161 e. The molecule has 0 N–H and O–H groups in total. The molecule has 0 radical (unpaired) electrons. The molecule has 0 aliphatic carbocycles. The van der Waals surface area contributed by atoms with E-state index in [9.17, 15) is 0 Å². The first-order valence-corrected chi connectivity index (χ1v) is 32.9. The fourth-order valence-electron chi connectivity index (χ4n) is 11.8. The highest BCUT2D eigenvalue weighted by Crippen LogP contribution is 2.47. The summed E-state index contributed by atoms with van der Waals surface area (Å²) in [6, 6.07) is 72.8. The van der Waals surface area contributed by atoms with Gasteiger partial charge in [-0.2, -0.15) is 0 Å². The fourth-order valence-corrected chi connectivity index (χ4v) is 17.8. The zero-order valence-corrected chi connectivity index (χ0v) is 46.6. The predicted molar refractivity (Wildman–Crippen MR) is 330 cm³/mol. The Labute approximate surface area is 467 Å². The standard InChI is InChI=1S/C68H52N10Si2/c1-79(2)63-27-9-5-23-59(63)77(60-24-6-10-28-64(60)79)47-31-33-49(51(39-47)67-73-55(45-19-17-35-69-43-45)41-57(75-67)53-21-13-15-37-71-53)50-34-32-48(78-61-25-7-11-29-65(61)80(3,4)66-30-12-8-26-62(66)78)40-52(50)68-74-56(46-20-18-36-70-44-46)42-58(76-68)54-22-14-16-38-72-54/h5-44H,1-4H3. The van der Waals surface area contributed by atoms with Gasteiger partial charge >= 0.3 is 0 Å². The molecule has 0 amide bonds. The van der Waals surface area contributed by atoms with Crippen LogP contribution in [0.15, 0.2) is 243 Å². The maximum absolute atomic E-state index is 5.51. The van der Waals surface area contributed by atoms with E-state index in [2.05, 4.69) is 179 Å². The Kier molecular flexibility index (Phi) is 11.8. The monoisotopic (exact) mass is 1060 g/mol. The van der Waals surface area contributed by atoms with Gasteiger partial charge in [-0.25, -0.2) is 19.9 Å². The van der Waals surface area contributed by atoms with E-state index in [1.165, 1.54) is 43.5 Å². The second-order valence-electron chi connectivity index (χ2n) is 21.3. The van der Waals surface area contributed by atoms with Gasteiger partial charge < -0.3 is 9.80 Å². The van der Waals surface area contributed by atoms with Crippen molar-refractivity contribution in [1.29, 1.82) is 0 Å². The zero-order valence-electron chi connectivity index (χ0n) is 44.6. The highest BCUT2D eigenvalue weighted by Gasteiger charge is 2.40. The molecule has 2 aliphatic heterocycles. The highest BCUT2D eigenvalue weighted by molar-refractivity contribution is 7.03. The number of benzene rings is 6. The number of anilines is 6. The normalized spacial score (nSPS) is 13.7. The molecule has 6 aromatic carbocycles.